The van der Waals surface area contributed by atoms with Gasteiger partial charge in [-0.2, -0.15) is 11.8 Å². The molecule has 2 aliphatic rings. The number of piperidine rings is 1. The van der Waals surface area contributed by atoms with Gasteiger partial charge in [0.25, 0.3) is 0 Å². The van der Waals surface area contributed by atoms with E-state index in [4.69, 9.17) is 0 Å². The second-order valence-electron chi connectivity index (χ2n) is 8.94. The molecule has 1 N–H and O–H groups in total. The van der Waals surface area contributed by atoms with Gasteiger partial charge in [0, 0.05) is 30.3 Å². The lowest BCUT2D eigenvalue weighted by Crippen LogP contribution is -2.48. The number of thioether (sulfide) groups is 1. The molecule has 1 aromatic rings. The highest BCUT2D eigenvalue weighted by Gasteiger charge is 2.42. The second-order valence-corrected chi connectivity index (χ2v) is 11.8. The van der Waals surface area contributed by atoms with Crippen LogP contribution in [0.4, 0.5) is 0 Å². The highest BCUT2D eigenvalue weighted by Crippen LogP contribution is 2.39. The molecule has 0 spiro atoms. The summed E-state index contributed by atoms with van der Waals surface area (Å²) < 4.78 is 27.7. The van der Waals surface area contributed by atoms with Gasteiger partial charge in [-0.3, -0.25) is 4.79 Å². The zero-order chi connectivity index (χ0) is 20.5. The molecule has 2 heterocycles. The van der Waals surface area contributed by atoms with E-state index in [2.05, 4.69) is 31.7 Å². The van der Waals surface area contributed by atoms with Gasteiger partial charge >= 0.3 is 0 Å². The quantitative estimate of drug-likeness (QED) is 0.759. The zero-order valence-electron chi connectivity index (χ0n) is 17.3. The molecule has 0 saturated carbocycles. The molecular weight excluding hydrogens is 392 g/mol. The fraction of sp³-hybridized carbons (Fsp3) is 0.667. The van der Waals surface area contributed by atoms with Gasteiger partial charge in [0.05, 0.1) is 4.90 Å². The Balaban J connectivity index is 1.55. The lowest BCUT2D eigenvalue weighted by molar-refractivity contribution is -0.135. The topological polar surface area (TPSA) is 66.5 Å². The molecule has 2 aliphatic heterocycles. The van der Waals surface area contributed by atoms with Gasteiger partial charge in [-0.1, -0.05) is 32.9 Å². The molecule has 0 aromatic heterocycles. The summed E-state index contributed by atoms with van der Waals surface area (Å²) in [7, 11) is -3.60. The number of amides is 1. The highest BCUT2D eigenvalue weighted by molar-refractivity contribution is 7.99. The molecule has 2 fully saturated rings. The van der Waals surface area contributed by atoms with Crippen molar-refractivity contribution in [2.24, 2.45) is 0 Å². The van der Waals surface area contributed by atoms with Gasteiger partial charge < -0.3 is 4.90 Å². The average Bonchev–Trinajstić information content (AvgIpc) is 2.91. The van der Waals surface area contributed by atoms with Crippen LogP contribution in [0.2, 0.25) is 0 Å². The van der Waals surface area contributed by atoms with Crippen LogP contribution >= 0.6 is 11.8 Å². The van der Waals surface area contributed by atoms with E-state index in [9.17, 15) is 13.2 Å². The maximum Gasteiger partial charge on any atom is 0.240 e. The number of carbonyl (C=O) groups excluding carboxylic acids is 1. The van der Waals surface area contributed by atoms with Crippen LogP contribution in [0.15, 0.2) is 29.2 Å². The van der Waals surface area contributed by atoms with E-state index in [1.54, 1.807) is 12.1 Å². The minimum absolute atomic E-state index is 0.0226. The number of carbonyl (C=O) groups is 1. The number of sulfonamides is 1. The van der Waals surface area contributed by atoms with Gasteiger partial charge in [0.15, 0.2) is 0 Å². The van der Waals surface area contributed by atoms with E-state index in [0.29, 0.717) is 17.3 Å². The first-order valence-corrected chi connectivity index (χ1v) is 12.8. The Morgan fingerprint density at radius 1 is 1.14 bits per heavy atom. The first-order chi connectivity index (χ1) is 13.1. The average molecular weight is 425 g/mol. The lowest BCUT2D eigenvalue weighted by Gasteiger charge is -2.38. The first-order valence-electron chi connectivity index (χ1n) is 10.1. The third kappa shape index (κ3) is 4.74. The van der Waals surface area contributed by atoms with Crippen molar-refractivity contribution in [3.63, 3.8) is 0 Å². The van der Waals surface area contributed by atoms with Crippen molar-refractivity contribution < 1.29 is 13.2 Å². The van der Waals surface area contributed by atoms with Crippen molar-refractivity contribution in [3.05, 3.63) is 29.8 Å². The summed E-state index contributed by atoms with van der Waals surface area (Å²) in [6, 6.07) is 7.66. The molecule has 2 atom stereocenters. The smallest absolute Gasteiger partial charge is 0.240 e. The molecule has 2 bridgehead atoms. The molecule has 156 valence electrons. The molecule has 0 radical (unpaired) electrons. The SMILES string of the molecule is CSC1CC2CCC(C1)N2C(=O)CCNS(=O)(=O)c1ccc(C(C)(C)C)cc1. The Kier molecular flexibility index (Phi) is 6.47. The minimum Gasteiger partial charge on any atom is -0.337 e. The van der Waals surface area contributed by atoms with Crippen LogP contribution in [-0.2, 0) is 20.2 Å². The number of hydrogen-bond acceptors (Lipinski definition) is 4. The summed E-state index contributed by atoms with van der Waals surface area (Å²) in [5, 5.41) is 0.649. The molecule has 1 aromatic carbocycles. The maximum atomic E-state index is 12.7. The van der Waals surface area contributed by atoms with Gasteiger partial charge in [0.1, 0.15) is 0 Å². The Morgan fingerprint density at radius 2 is 1.71 bits per heavy atom. The molecule has 2 saturated heterocycles. The third-order valence-corrected chi connectivity index (χ3v) is 8.50. The van der Waals surface area contributed by atoms with Crippen LogP contribution in [0.25, 0.3) is 0 Å². The summed E-state index contributed by atoms with van der Waals surface area (Å²) in [6.45, 7) is 6.42. The minimum atomic E-state index is -3.60. The van der Waals surface area contributed by atoms with Crippen molar-refractivity contribution in [3.8, 4) is 0 Å². The van der Waals surface area contributed by atoms with Crippen molar-refractivity contribution in [2.45, 2.75) is 80.5 Å². The summed E-state index contributed by atoms with van der Waals surface area (Å²) >= 11 is 1.90. The van der Waals surface area contributed by atoms with Crippen molar-refractivity contribution in [2.75, 3.05) is 12.8 Å². The number of benzene rings is 1. The molecule has 7 heteroatoms. The van der Waals surface area contributed by atoms with Crippen molar-refractivity contribution in [1.29, 1.82) is 0 Å². The van der Waals surface area contributed by atoms with E-state index in [1.807, 2.05) is 28.8 Å². The molecule has 5 nitrogen and oxygen atoms in total. The Bertz CT molecular complexity index is 786. The van der Waals surface area contributed by atoms with E-state index in [0.717, 1.165) is 31.2 Å². The monoisotopic (exact) mass is 424 g/mol. The molecule has 2 unspecified atom stereocenters. The Morgan fingerprint density at radius 3 is 2.21 bits per heavy atom. The lowest BCUT2D eigenvalue weighted by atomic mass is 9.87. The number of hydrogen-bond donors (Lipinski definition) is 1. The van der Waals surface area contributed by atoms with Gasteiger partial charge in [-0.15, -0.1) is 0 Å². The van der Waals surface area contributed by atoms with Crippen LogP contribution in [-0.4, -0.2) is 49.4 Å². The number of rotatable bonds is 6. The summed E-state index contributed by atoms with van der Waals surface area (Å²) in [5.74, 6) is 0.0813. The van der Waals surface area contributed by atoms with Gasteiger partial charge in [-0.05, 0) is 55.1 Å². The van der Waals surface area contributed by atoms with Crippen molar-refractivity contribution in [1.82, 2.24) is 9.62 Å². The summed E-state index contributed by atoms with van der Waals surface area (Å²) in [5.41, 5.74) is 1.07. The fourth-order valence-electron chi connectivity index (χ4n) is 4.37. The normalized spacial score (nSPS) is 25.1. The Labute approximate surface area is 173 Å². The largest absolute Gasteiger partial charge is 0.337 e. The molecule has 3 rings (SSSR count). The zero-order valence-corrected chi connectivity index (χ0v) is 18.9. The number of nitrogens with one attached hydrogen (secondary N) is 1. The van der Waals surface area contributed by atoms with E-state index in [1.165, 1.54) is 0 Å². The second kappa shape index (κ2) is 8.36. The predicted molar refractivity (Wildman–Crippen MR) is 115 cm³/mol. The van der Waals surface area contributed by atoms with Crippen LogP contribution in [0.1, 0.15) is 58.4 Å². The van der Waals surface area contributed by atoms with E-state index in [-0.39, 0.29) is 29.2 Å². The van der Waals surface area contributed by atoms with E-state index >= 15 is 0 Å². The van der Waals surface area contributed by atoms with Gasteiger partial charge in [-0.25, -0.2) is 13.1 Å². The highest BCUT2D eigenvalue weighted by atomic mass is 32.2. The maximum absolute atomic E-state index is 12.7. The standard InChI is InChI=1S/C21H32N2O3S2/c1-21(2,3)15-5-9-19(10-6-15)28(25,26)22-12-11-20(24)23-16-7-8-17(23)14-18(13-16)27-4/h5-6,9-10,16-18,22H,7-8,11-14H2,1-4H3. The summed E-state index contributed by atoms with van der Waals surface area (Å²) in [6.07, 6.45) is 6.66. The number of fused-ring (bicyclic) bond motifs is 2. The predicted octanol–water partition coefficient (Wildman–Crippen LogP) is 3.54. The van der Waals surface area contributed by atoms with Crippen molar-refractivity contribution >= 4 is 27.7 Å². The van der Waals surface area contributed by atoms with Crippen LogP contribution in [0.5, 0.6) is 0 Å². The fourth-order valence-corrected chi connectivity index (χ4v) is 6.23. The molecule has 0 aliphatic carbocycles. The first kappa shape index (κ1) is 21.7. The van der Waals surface area contributed by atoms with Crippen LogP contribution in [0, 0.1) is 0 Å². The van der Waals surface area contributed by atoms with Crippen LogP contribution < -0.4 is 4.72 Å². The van der Waals surface area contributed by atoms with E-state index < -0.39 is 10.0 Å². The third-order valence-electron chi connectivity index (χ3n) is 5.97. The summed E-state index contributed by atoms with van der Waals surface area (Å²) in [4.78, 5) is 15.0. The molecule has 28 heavy (non-hydrogen) atoms. The van der Waals surface area contributed by atoms with Gasteiger partial charge in [0.2, 0.25) is 15.9 Å². The number of nitrogens with zero attached hydrogens (tertiary/aromatic N) is 1. The van der Waals surface area contributed by atoms with Crippen LogP contribution in [0.3, 0.4) is 0 Å². The molecule has 1 amide bonds. The Hall–Kier alpha value is -1.05. The molecular formula is C21H32N2O3S2.